The number of methoxy groups -OCH3 is 2. The second kappa shape index (κ2) is 4.74. The number of halogens is 1. The molecule has 1 fully saturated rings. The van der Waals surface area contributed by atoms with Gasteiger partial charge in [-0.1, -0.05) is 0 Å². The minimum absolute atomic E-state index is 0.0810. The third-order valence-corrected chi connectivity index (χ3v) is 4.16. The highest BCUT2D eigenvalue weighted by atomic mass is 32.2. The standard InChI is InChI=1S/C11H14FNO4S/c1-16-9-5-8(12)11(6-10(9)17-2)18(14,15)13-7-3-4-7/h5-7,13H,3-4H2,1-2H3. The molecule has 1 N–H and O–H groups in total. The summed E-state index contributed by atoms with van der Waals surface area (Å²) < 4.78 is 49.9. The molecule has 0 atom stereocenters. The molecule has 1 aliphatic carbocycles. The SMILES string of the molecule is COc1cc(F)c(S(=O)(=O)NC2CC2)cc1OC. The minimum Gasteiger partial charge on any atom is -0.493 e. The molecular formula is C11H14FNO4S. The monoisotopic (exact) mass is 275 g/mol. The number of nitrogens with one attached hydrogen (secondary N) is 1. The number of hydrogen-bond acceptors (Lipinski definition) is 4. The molecule has 100 valence electrons. The molecule has 7 heteroatoms. The van der Waals surface area contributed by atoms with Crippen LogP contribution in [0.1, 0.15) is 12.8 Å². The van der Waals surface area contributed by atoms with E-state index in [4.69, 9.17) is 9.47 Å². The van der Waals surface area contributed by atoms with Gasteiger partial charge in [-0.3, -0.25) is 0 Å². The lowest BCUT2D eigenvalue weighted by molar-refractivity contribution is 0.350. The van der Waals surface area contributed by atoms with Crippen molar-refractivity contribution in [2.24, 2.45) is 0 Å². The van der Waals surface area contributed by atoms with E-state index >= 15 is 0 Å². The van der Waals surface area contributed by atoms with Gasteiger partial charge in [-0.2, -0.15) is 0 Å². The molecule has 0 heterocycles. The zero-order chi connectivity index (χ0) is 13.3. The maximum absolute atomic E-state index is 13.8. The Hall–Kier alpha value is -1.34. The van der Waals surface area contributed by atoms with Crippen molar-refractivity contribution in [3.63, 3.8) is 0 Å². The number of hydrogen-bond donors (Lipinski definition) is 1. The van der Waals surface area contributed by atoms with Crippen LogP contribution in [-0.2, 0) is 10.0 Å². The van der Waals surface area contributed by atoms with E-state index in [-0.39, 0.29) is 17.5 Å². The molecule has 0 spiro atoms. The van der Waals surface area contributed by atoms with E-state index in [1.807, 2.05) is 0 Å². The molecule has 0 saturated heterocycles. The summed E-state index contributed by atoms with van der Waals surface area (Å²) in [4.78, 5) is -0.424. The summed E-state index contributed by atoms with van der Waals surface area (Å²) in [5.41, 5.74) is 0. The van der Waals surface area contributed by atoms with Gasteiger partial charge < -0.3 is 9.47 Å². The molecule has 0 amide bonds. The van der Waals surface area contributed by atoms with Crippen molar-refractivity contribution in [2.75, 3.05) is 14.2 Å². The fourth-order valence-electron chi connectivity index (χ4n) is 1.53. The number of ether oxygens (including phenoxy) is 2. The van der Waals surface area contributed by atoms with Crippen LogP contribution >= 0.6 is 0 Å². The first kappa shape index (κ1) is 13.1. The van der Waals surface area contributed by atoms with Crippen LogP contribution in [0.4, 0.5) is 4.39 Å². The summed E-state index contributed by atoms with van der Waals surface area (Å²) in [6, 6.07) is 2.04. The first-order valence-corrected chi connectivity index (χ1v) is 6.90. The van der Waals surface area contributed by atoms with Gasteiger partial charge in [0.15, 0.2) is 11.5 Å². The molecule has 0 radical (unpaired) electrons. The van der Waals surface area contributed by atoms with Crippen LogP contribution < -0.4 is 14.2 Å². The zero-order valence-electron chi connectivity index (χ0n) is 10.1. The predicted octanol–water partition coefficient (Wildman–Crippen LogP) is 1.28. The minimum atomic E-state index is -3.85. The van der Waals surface area contributed by atoms with Gasteiger partial charge in [0.25, 0.3) is 0 Å². The number of sulfonamides is 1. The van der Waals surface area contributed by atoms with Gasteiger partial charge in [-0.05, 0) is 12.8 Å². The molecule has 1 saturated carbocycles. The smallest absolute Gasteiger partial charge is 0.243 e. The Morgan fingerprint density at radius 1 is 1.22 bits per heavy atom. The van der Waals surface area contributed by atoms with Gasteiger partial charge in [-0.25, -0.2) is 17.5 Å². The highest BCUT2D eigenvalue weighted by molar-refractivity contribution is 7.89. The Kier molecular flexibility index (Phi) is 3.45. The third-order valence-electron chi connectivity index (χ3n) is 2.63. The molecular weight excluding hydrogens is 261 g/mol. The van der Waals surface area contributed by atoms with Crippen LogP contribution in [-0.4, -0.2) is 28.7 Å². The van der Waals surface area contributed by atoms with E-state index in [2.05, 4.69) is 4.72 Å². The molecule has 0 aliphatic heterocycles. The highest BCUT2D eigenvalue weighted by Crippen LogP contribution is 2.32. The van der Waals surface area contributed by atoms with E-state index in [1.54, 1.807) is 0 Å². The number of benzene rings is 1. The summed E-state index contributed by atoms with van der Waals surface area (Å²) >= 11 is 0. The Balaban J connectivity index is 2.43. The summed E-state index contributed by atoms with van der Waals surface area (Å²) in [6.07, 6.45) is 1.57. The molecule has 0 bridgehead atoms. The first-order valence-electron chi connectivity index (χ1n) is 5.42. The Labute approximate surface area is 105 Å². The normalized spacial score (nSPS) is 15.5. The van der Waals surface area contributed by atoms with E-state index in [0.717, 1.165) is 25.0 Å². The van der Waals surface area contributed by atoms with E-state index in [0.29, 0.717) is 0 Å². The summed E-state index contributed by atoms with van der Waals surface area (Å²) in [5, 5.41) is 0. The Bertz CT molecular complexity index is 554. The largest absolute Gasteiger partial charge is 0.493 e. The number of rotatable bonds is 5. The average Bonchev–Trinajstić information content (AvgIpc) is 3.11. The quantitative estimate of drug-likeness (QED) is 0.879. The van der Waals surface area contributed by atoms with Crippen LogP contribution in [0.3, 0.4) is 0 Å². The first-order chi connectivity index (χ1) is 8.47. The maximum atomic E-state index is 13.8. The van der Waals surface area contributed by atoms with Gasteiger partial charge >= 0.3 is 0 Å². The molecule has 0 aromatic heterocycles. The van der Waals surface area contributed by atoms with Crippen LogP contribution in [0, 0.1) is 5.82 Å². The molecule has 1 aromatic rings. The van der Waals surface area contributed by atoms with Crippen LogP contribution in [0.25, 0.3) is 0 Å². The van der Waals surface area contributed by atoms with Crippen LogP contribution in [0.5, 0.6) is 11.5 Å². The molecule has 2 rings (SSSR count). The zero-order valence-corrected chi connectivity index (χ0v) is 10.9. The molecule has 5 nitrogen and oxygen atoms in total. The molecule has 0 unspecified atom stereocenters. The topological polar surface area (TPSA) is 64.6 Å². The fraction of sp³-hybridized carbons (Fsp3) is 0.455. The summed E-state index contributed by atoms with van der Waals surface area (Å²) in [7, 11) is -1.13. The van der Waals surface area contributed by atoms with Crippen LogP contribution in [0.2, 0.25) is 0 Å². The van der Waals surface area contributed by atoms with Gasteiger partial charge in [-0.15, -0.1) is 0 Å². The highest BCUT2D eigenvalue weighted by Gasteiger charge is 2.30. The second-order valence-corrected chi connectivity index (χ2v) is 5.72. The summed E-state index contributed by atoms with van der Waals surface area (Å²) in [5.74, 6) is -0.531. The van der Waals surface area contributed by atoms with Crippen molar-refractivity contribution in [3.8, 4) is 11.5 Å². The van der Waals surface area contributed by atoms with Crippen molar-refractivity contribution >= 4 is 10.0 Å². The van der Waals surface area contributed by atoms with Gasteiger partial charge in [0.05, 0.1) is 14.2 Å². The van der Waals surface area contributed by atoms with E-state index < -0.39 is 20.7 Å². The van der Waals surface area contributed by atoms with Gasteiger partial charge in [0.2, 0.25) is 10.0 Å². The summed E-state index contributed by atoms with van der Waals surface area (Å²) in [6.45, 7) is 0. The lowest BCUT2D eigenvalue weighted by Crippen LogP contribution is -2.26. The maximum Gasteiger partial charge on any atom is 0.243 e. The van der Waals surface area contributed by atoms with Crippen molar-refractivity contribution < 1.29 is 22.3 Å². The Morgan fingerprint density at radius 3 is 2.28 bits per heavy atom. The van der Waals surface area contributed by atoms with Crippen molar-refractivity contribution in [1.29, 1.82) is 0 Å². The van der Waals surface area contributed by atoms with E-state index in [1.165, 1.54) is 14.2 Å². The average molecular weight is 275 g/mol. The van der Waals surface area contributed by atoms with Crippen LogP contribution in [0.15, 0.2) is 17.0 Å². The van der Waals surface area contributed by atoms with E-state index in [9.17, 15) is 12.8 Å². The Morgan fingerprint density at radius 2 is 1.78 bits per heavy atom. The molecule has 18 heavy (non-hydrogen) atoms. The fourth-order valence-corrected chi connectivity index (χ4v) is 2.90. The molecule has 1 aliphatic rings. The lowest BCUT2D eigenvalue weighted by atomic mass is 10.3. The predicted molar refractivity (Wildman–Crippen MR) is 62.8 cm³/mol. The second-order valence-electron chi connectivity index (χ2n) is 4.03. The van der Waals surface area contributed by atoms with Crippen molar-refractivity contribution in [2.45, 2.75) is 23.8 Å². The van der Waals surface area contributed by atoms with Crippen molar-refractivity contribution in [3.05, 3.63) is 17.9 Å². The third kappa shape index (κ3) is 2.56. The molecule has 1 aromatic carbocycles. The van der Waals surface area contributed by atoms with Gasteiger partial charge in [0.1, 0.15) is 10.7 Å². The van der Waals surface area contributed by atoms with Gasteiger partial charge in [0, 0.05) is 18.2 Å². The van der Waals surface area contributed by atoms with Crippen molar-refractivity contribution in [1.82, 2.24) is 4.72 Å². The lowest BCUT2D eigenvalue weighted by Gasteiger charge is -2.11.